The maximum atomic E-state index is 5.20. The van der Waals surface area contributed by atoms with Crippen LogP contribution in [0.5, 0.6) is 0 Å². The molecule has 0 radical (unpaired) electrons. The van der Waals surface area contributed by atoms with E-state index in [9.17, 15) is 0 Å². The summed E-state index contributed by atoms with van der Waals surface area (Å²) in [5, 5.41) is 7.35. The lowest BCUT2D eigenvalue weighted by molar-refractivity contribution is 0.483. The Morgan fingerprint density at radius 1 is 1.53 bits per heavy atom. The quantitative estimate of drug-likeness (QED) is 0.806. The lowest BCUT2D eigenvalue weighted by Crippen LogP contribution is -2.11. The molecule has 0 aliphatic rings. The maximum Gasteiger partial charge on any atom is 0.117 e. The van der Waals surface area contributed by atoms with Gasteiger partial charge < -0.3 is 9.73 Å². The maximum absolute atomic E-state index is 5.20. The van der Waals surface area contributed by atoms with Gasteiger partial charge >= 0.3 is 0 Å². The molecule has 2 aromatic heterocycles. The second-order valence-corrected chi connectivity index (χ2v) is 3.19. The van der Waals surface area contributed by atoms with Gasteiger partial charge in [-0.3, -0.25) is 0 Å². The van der Waals surface area contributed by atoms with Gasteiger partial charge in [0, 0.05) is 24.5 Å². The monoisotopic (exact) mass is 203 g/mol. The minimum absolute atomic E-state index is 0.728. The van der Waals surface area contributed by atoms with Crippen LogP contribution >= 0.6 is 0 Å². The normalized spacial score (nSPS) is 10.4. The zero-order valence-electron chi connectivity index (χ0n) is 8.39. The Kier molecular flexibility index (Phi) is 2.99. The standard InChI is InChI=1S/C11H13N3O/c1-2-14-9-10(7-13-14)6-12-8-11-4-3-5-15-11/h2-5,7,9,12H,1,6,8H2. The van der Waals surface area contributed by atoms with E-state index in [-0.39, 0.29) is 0 Å². The van der Waals surface area contributed by atoms with Crippen LogP contribution in [-0.2, 0) is 13.1 Å². The highest BCUT2D eigenvalue weighted by Gasteiger charge is 1.97. The molecule has 0 aromatic carbocycles. The zero-order valence-corrected chi connectivity index (χ0v) is 8.39. The van der Waals surface area contributed by atoms with E-state index < -0.39 is 0 Å². The van der Waals surface area contributed by atoms with Gasteiger partial charge in [0.05, 0.1) is 19.0 Å². The van der Waals surface area contributed by atoms with Crippen LogP contribution in [0.1, 0.15) is 11.3 Å². The van der Waals surface area contributed by atoms with Crippen molar-refractivity contribution in [2.75, 3.05) is 0 Å². The zero-order chi connectivity index (χ0) is 10.5. The SMILES string of the molecule is C=Cn1cc(CNCc2ccco2)cn1. The fraction of sp³-hybridized carbons (Fsp3) is 0.182. The van der Waals surface area contributed by atoms with Crippen LogP contribution in [0.3, 0.4) is 0 Å². The number of furan rings is 1. The van der Waals surface area contributed by atoms with Gasteiger partial charge in [-0.05, 0) is 12.1 Å². The van der Waals surface area contributed by atoms with Gasteiger partial charge in [0.15, 0.2) is 0 Å². The molecule has 4 heteroatoms. The minimum Gasteiger partial charge on any atom is -0.468 e. The highest BCUT2D eigenvalue weighted by molar-refractivity contribution is 5.17. The van der Waals surface area contributed by atoms with Gasteiger partial charge in [-0.25, -0.2) is 4.68 Å². The van der Waals surface area contributed by atoms with E-state index in [0.29, 0.717) is 0 Å². The minimum atomic E-state index is 0.728. The molecule has 4 nitrogen and oxygen atoms in total. The van der Waals surface area contributed by atoms with Gasteiger partial charge in [-0.15, -0.1) is 0 Å². The first-order valence-corrected chi connectivity index (χ1v) is 4.77. The molecule has 2 aromatic rings. The Hall–Kier alpha value is -1.81. The van der Waals surface area contributed by atoms with Crippen molar-refractivity contribution in [1.29, 1.82) is 0 Å². The molecule has 0 aliphatic carbocycles. The van der Waals surface area contributed by atoms with E-state index in [4.69, 9.17) is 4.42 Å². The average molecular weight is 203 g/mol. The molecule has 0 bridgehead atoms. The first-order valence-electron chi connectivity index (χ1n) is 4.77. The van der Waals surface area contributed by atoms with Crippen LogP contribution in [0.25, 0.3) is 6.20 Å². The Balaban J connectivity index is 1.80. The molecular weight excluding hydrogens is 190 g/mol. The fourth-order valence-electron chi connectivity index (χ4n) is 1.31. The smallest absolute Gasteiger partial charge is 0.117 e. The van der Waals surface area contributed by atoms with Crippen LogP contribution in [0.15, 0.2) is 41.8 Å². The molecular formula is C11H13N3O. The summed E-state index contributed by atoms with van der Waals surface area (Å²) >= 11 is 0. The molecule has 0 atom stereocenters. The summed E-state index contributed by atoms with van der Waals surface area (Å²) in [6.07, 6.45) is 7.09. The Morgan fingerprint density at radius 3 is 3.13 bits per heavy atom. The second-order valence-electron chi connectivity index (χ2n) is 3.19. The molecule has 78 valence electrons. The van der Waals surface area contributed by atoms with Gasteiger partial charge in [0.2, 0.25) is 0 Å². The number of nitrogens with one attached hydrogen (secondary N) is 1. The van der Waals surface area contributed by atoms with Gasteiger partial charge in [0.1, 0.15) is 5.76 Å². The van der Waals surface area contributed by atoms with Crippen molar-refractivity contribution >= 4 is 6.20 Å². The van der Waals surface area contributed by atoms with E-state index in [1.165, 1.54) is 0 Å². The number of nitrogens with zero attached hydrogens (tertiary/aromatic N) is 2. The van der Waals surface area contributed by atoms with Crippen LogP contribution < -0.4 is 5.32 Å². The van der Waals surface area contributed by atoms with Gasteiger partial charge in [-0.1, -0.05) is 6.58 Å². The third-order valence-corrected chi connectivity index (χ3v) is 2.05. The average Bonchev–Trinajstić information content (AvgIpc) is 2.88. The predicted octanol–water partition coefficient (Wildman–Crippen LogP) is 1.87. The summed E-state index contributed by atoms with van der Waals surface area (Å²) < 4.78 is 6.88. The Morgan fingerprint density at radius 2 is 2.47 bits per heavy atom. The molecule has 0 fully saturated rings. The lowest BCUT2D eigenvalue weighted by atomic mass is 10.3. The molecule has 0 spiro atoms. The summed E-state index contributed by atoms with van der Waals surface area (Å²) in [6, 6.07) is 3.83. The van der Waals surface area contributed by atoms with Crippen molar-refractivity contribution in [1.82, 2.24) is 15.1 Å². The van der Waals surface area contributed by atoms with E-state index in [1.54, 1.807) is 17.1 Å². The number of aromatic nitrogens is 2. The largest absolute Gasteiger partial charge is 0.468 e. The third kappa shape index (κ3) is 2.57. The summed E-state index contributed by atoms with van der Waals surface area (Å²) in [5.74, 6) is 0.936. The van der Waals surface area contributed by atoms with Crippen molar-refractivity contribution in [2.45, 2.75) is 13.1 Å². The van der Waals surface area contributed by atoms with E-state index >= 15 is 0 Å². The summed E-state index contributed by atoms with van der Waals surface area (Å²) in [4.78, 5) is 0. The van der Waals surface area contributed by atoms with Crippen molar-refractivity contribution < 1.29 is 4.42 Å². The molecule has 0 aliphatic heterocycles. The molecule has 2 rings (SSSR count). The second kappa shape index (κ2) is 4.61. The Labute approximate surface area is 88.2 Å². The van der Waals surface area contributed by atoms with Crippen LogP contribution in [0.2, 0.25) is 0 Å². The molecule has 0 saturated heterocycles. The summed E-state index contributed by atoms with van der Waals surface area (Å²) in [7, 11) is 0. The fourth-order valence-corrected chi connectivity index (χ4v) is 1.31. The lowest BCUT2D eigenvalue weighted by Gasteiger charge is -1.98. The first-order chi connectivity index (χ1) is 7.38. The van der Waals surface area contributed by atoms with E-state index in [0.717, 1.165) is 24.4 Å². The van der Waals surface area contributed by atoms with Crippen LogP contribution in [0, 0.1) is 0 Å². The summed E-state index contributed by atoms with van der Waals surface area (Å²) in [6.45, 7) is 5.13. The first kappa shape index (κ1) is 9.73. The summed E-state index contributed by atoms with van der Waals surface area (Å²) in [5.41, 5.74) is 1.13. The molecule has 15 heavy (non-hydrogen) atoms. The number of hydrogen-bond donors (Lipinski definition) is 1. The molecule has 0 saturated carbocycles. The Bertz CT molecular complexity index is 417. The van der Waals surface area contributed by atoms with Crippen molar-refractivity contribution in [3.05, 3.63) is 48.7 Å². The van der Waals surface area contributed by atoms with Crippen molar-refractivity contribution in [3.63, 3.8) is 0 Å². The topological polar surface area (TPSA) is 43.0 Å². The highest BCUT2D eigenvalue weighted by Crippen LogP contribution is 2.01. The molecule has 0 amide bonds. The molecule has 2 heterocycles. The van der Waals surface area contributed by atoms with Gasteiger partial charge in [-0.2, -0.15) is 5.10 Å². The van der Waals surface area contributed by atoms with E-state index in [2.05, 4.69) is 17.0 Å². The molecule has 1 N–H and O–H groups in total. The van der Waals surface area contributed by atoms with E-state index in [1.807, 2.05) is 24.5 Å². The third-order valence-electron chi connectivity index (χ3n) is 2.05. The van der Waals surface area contributed by atoms with Crippen molar-refractivity contribution in [3.8, 4) is 0 Å². The van der Waals surface area contributed by atoms with Gasteiger partial charge in [0.25, 0.3) is 0 Å². The predicted molar refractivity (Wildman–Crippen MR) is 57.9 cm³/mol. The number of rotatable bonds is 5. The van der Waals surface area contributed by atoms with Crippen LogP contribution in [-0.4, -0.2) is 9.78 Å². The highest BCUT2D eigenvalue weighted by atomic mass is 16.3. The molecule has 0 unspecified atom stereocenters. The van der Waals surface area contributed by atoms with Crippen molar-refractivity contribution in [2.24, 2.45) is 0 Å². The number of hydrogen-bond acceptors (Lipinski definition) is 3. The van der Waals surface area contributed by atoms with Crippen LogP contribution in [0.4, 0.5) is 0 Å².